The number of carbonyl (C=O) groups excluding carboxylic acids is 2. The largest absolute Gasteiger partial charge is 0.480 e. The first-order valence-electron chi connectivity index (χ1n) is 18.5. The molecule has 5 aromatic rings. The number of hydrogen-bond acceptors (Lipinski definition) is 10. The van der Waals surface area contributed by atoms with Crippen LogP contribution in [0, 0.1) is 0 Å². The Balaban J connectivity index is 1.54. The molecule has 298 valence electrons. The van der Waals surface area contributed by atoms with E-state index in [9.17, 15) is 19.5 Å². The van der Waals surface area contributed by atoms with Crippen LogP contribution < -0.4 is 20.5 Å². The second-order valence-corrected chi connectivity index (χ2v) is 16.6. The van der Waals surface area contributed by atoms with Crippen LogP contribution in [0.1, 0.15) is 49.4 Å². The van der Waals surface area contributed by atoms with Crippen molar-refractivity contribution in [1.29, 1.82) is 0 Å². The number of ketones is 1. The molecule has 57 heavy (non-hydrogen) atoms. The molecule has 0 aliphatic rings. The standard InChI is InChI=1S/C45H49N3O7S2/c1-43(2,3)55-42(52)47-36(31-57-45(33-17-9-5-10-18-33,34-19-11-6-12-20-34)35-21-13-7-14-22-35)29-32-25-26-39(54-37-23-15-8-16-24-37)48-40(32)53-30-38(49)44(46,41(50)51)27-28-56-4/h5-26,36H,27-31,46H2,1-4H3,(H,47,52)(H,50,51)/t36?,44-/m1/s1. The van der Waals surface area contributed by atoms with Crippen LogP contribution in [0.15, 0.2) is 133 Å². The molecular weight excluding hydrogens is 759 g/mol. The lowest BCUT2D eigenvalue weighted by Gasteiger charge is -2.37. The molecule has 0 radical (unpaired) electrons. The third-order valence-corrected chi connectivity index (χ3v) is 11.3. The predicted molar refractivity (Wildman–Crippen MR) is 227 cm³/mol. The number of aromatic nitrogens is 1. The highest BCUT2D eigenvalue weighted by Gasteiger charge is 2.42. The van der Waals surface area contributed by atoms with E-state index in [1.54, 1.807) is 63.1 Å². The van der Waals surface area contributed by atoms with Gasteiger partial charge in [0.05, 0.1) is 4.75 Å². The fraction of sp³-hybridized carbons (Fsp3) is 0.289. The number of carboxylic acids is 1. The average Bonchev–Trinajstić information content (AvgIpc) is 3.20. The van der Waals surface area contributed by atoms with E-state index in [1.165, 1.54) is 11.8 Å². The van der Waals surface area contributed by atoms with Crippen LogP contribution in [0.4, 0.5) is 4.79 Å². The Morgan fingerprint density at radius 3 is 1.81 bits per heavy atom. The topological polar surface area (TPSA) is 150 Å². The van der Waals surface area contributed by atoms with Crippen molar-refractivity contribution in [3.63, 3.8) is 0 Å². The molecule has 1 amide bonds. The zero-order chi connectivity index (χ0) is 40.9. The summed E-state index contributed by atoms with van der Waals surface area (Å²) in [6.45, 7) is 4.75. The minimum Gasteiger partial charge on any atom is -0.480 e. The number of nitrogens with one attached hydrogen (secondary N) is 1. The Morgan fingerprint density at radius 2 is 1.32 bits per heavy atom. The summed E-state index contributed by atoms with van der Waals surface area (Å²) in [6.07, 6.45) is 1.33. The quantitative estimate of drug-likeness (QED) is 0.0544. The summed E-state index contributed by atoms with van der Waals surface area (Å²) in [5.41, 5.74) is 6.97. The van der Waals surface area contributed by atoms with Crippen molar-refractivity contribution in [3.05, 3.63) is 156 Å². The van der Waals surface area contributed by atoms with Gasteiger partial charge >= 0.3 is 12.1 Å². The molecule has 1 unspecified atom stereocenters. The van der Waals surface area contributed by atoms with E-state index >= 15 is 0 Å². The first-order valence-corrected chi connectivity index (χ1v) is 20.9. The second kappa shape index (κ2) is 19.7. The van der Waals surface area contributed by atoms with Crippen LogP contribution in [0.3, 0.4) is 0 Å². The van der Waals surface area contributed by atoms with Gasteiger partial charge in [0.25, 0.3) is 0 Å². The van der Waals surface area contributed by atoms with Crippen molar-refractivity contribution in [3.8, 4) is 17.5 Å². The molecule has 0 saturated heterocycles. The maximum absolute atomic E-state index is 13.5. The highest BCUT2D eigenvalue weighted by molar-refractivity contribution is 8.00. The van der Waals surface area contributed by atoms with Crippen molar-refractivity contribution in [1.82, 2.24) is 10.3 Å². The fourth-order valence-electron chi connectivity index (χ4n) is 6.18. The third-order valence-electron chi connectivity index (χ3n) is 9.03. The number of thioether (sulfide) groups is 2. The number of Topliss-reactive ketones (excluding diaryl/α,β-unsaturated/α-hetero) is 1. The number of nitrogens with zero attached hydrogens (tertiary/aromatic N) is 1. The molecule has 4 aromatic carbocycles. The molecule has 5 rings (SSSR count). The van der Waals surface area contributed by atoms with Gasteiger partial charge in [0.2, 0.25) is 17.5 Å². The number of hydrogen-bond donors (Lipinski definition) is 3. The maximum atomic E-state index is 13.5. The molecule has 0 spiro atoms. The van der Waals surface area contributed by atoms with Crippen LogP contribution in [-0.4, -0.2) is 69.5 Å². The third kappa shape index (κ3) is 11.4. The van der Waals surface area contributed by atoms with Gasteiger partial charge in [-0.1, -0.05) is 109 Å². The van der Waals surface area contributed by atoms with E-state index in [0.29, 0.717) is 22.8 Å². The fourth-order valence-corrected chi connectivity index (χ4v) is 8.26. The zero-order valence-electron chi connectivity index (χ0n) is 32.6. The Bertz CT molecular complexity index is 1970. The van der Waals surface area contributed by atoms with E-state index in [4.69, 9.17) is 19.9 Å². The van der Waals surface area contributed by atoms with Crippen molar-refractivity contribution in [2.24, 2.45) is 5.73 Å². The molecular formula is C45H49N3O7S2. The van der Waals surface area contributed by atoms with Gasteiger partial charge in [0, 0.05) is 23.4 Å². The number of amides is 1. The minimum atomic E-state index is -2.14. The molecule has 0 bridgehead atoms. The Kier molecular flexibility index (Phi) is 14.8. The van der Waals surface area contributed by atoms with Crippen molar-refractivity contribution in [2.75, 3.05) is 24.4 Å². The molecule has 2 atom stereocenters. The van der Waals surface area contributed by atoms with Crippen LogP contribution >= 0.6 is 23.5 Å². The van der Waals surface area contributed by atoms with Crippen LogP contribution in [0.5, 0.6) is 17.5 Å². The van der Waals surface area contributed by atoms with Gasteiger partial charge < -0.3 is 30.4 Å². The number of alkyl carbamates (subject to hydrolysis) is 1. The molecule has 0 fully saturated rings. The summed E-state index contributed by atoms with van der Waals surface area (Å²) in [4.78, 5) is 43.7. The van der Waals surface area contributed by atoms with Crippen molar-refractivity contribution < 1.29 is 33.7 Å². The number of pyridine rings is 1. The molecule has 0 aliphatic carbocycles. The second-order valence-electron chi connectivity index (χ2n) is 14.4. The minimum absolute atomic E-state index is 0.0378. The van der Waals surface area contributed by atoms with Crippen molar-refractivity contribution in [2.45, 2.75) is 55.5 Å². The van der Waals surface area contributed by atoms with Gasteiger partial charge in [0.15, 0.2) is 12.1 Å². The maximum Gasteiger partial charge on any atom is 0.407 e. The number of benzene rings is 4. The Hall–Kier alpha value is -5.30. The summed E-state index contributed by atoms with van der Waals surface area (Å²) >= 11 is 3.05. The first-order chi connectivity index (χ1) is 27.3. The van der Waals surface area contributed by atoms with Gasteiger partial charge in [-0.15, -0.1) is 11.8 Å². The molecule has 0 saturated carbocycles. The summed E-state index contributed by atoms with van der Waals surface area (Å²) in [5, 5.41) is 13.0. The number of rotatable bonds is 19. The molecule has 10 nitrogen and oxygen atoms in total. The molecule has 1 heterocycles. The summed E-state index contributed by atoms with van der Waals surface area (Å²) in [7, 11) is 0. The summed E-state index contributed by atoms with van der Waals surface area (Å²) in [5.74, 6) is -0.725. The van der Waals surface area contributed by atoms with Gasteiger partial charge in [-0.25, -0.2) is 9.59 Å². The van der Waals surface area contributed by atoms with E-state index in [2.05, 4.69) is 46.7 Å². The van der Waals surface area contributed by atoms with Gasteiger partial charge in [0.1, 0.15) is 11.4 Å². The SMILES string of the molecule is CSCC[C@](N)(C(=O)O)C(=O)COc1nc(Oc2ccccc2)ccc1CC(CSC(c1ccccc1)(c1ccccc1)c1ccccc1)NC(=O)OC(C)(C)C. The van der Waals surface area contributed by atoms with Crippen molar-refractivity contribution >= 4 is 41.4 Å². The molecule has 1 aromatic heterocycles. The first kappa shape index (κ1) is 42.8. The van der Waals surface area contributed by atoms with Gasteiger partial charge in [-0.3, -0.25) is 4.79 Å². The zero-order valence-corrected chi connectivity index (χ0v) is 34.2. The Labute approximate surface area is 342 Å². The van der Waals surface area contributed by atoms with Crippen LogP contribution in [0.2, 0.25) is 0 Å². The summed E-state index contributed by atoms with van der Waals surface area (Å²) in [6, 6.07) is 42.7. The number of ether oxygens (including phenoxy) is 3. The number of carboxylic acid groups (broad SMARTS) is 1. The number of aliphatic carboxylic acids is 1. The smallest absolute Gasteiger partial charge is 0.407 e. The summed E-state index contributed by atoms with van der Waals surface area (Å²) < 4.78 is 17.1. The highest BCUT2D eigenvalue weighted by Crippen LogP contribution is 2.48. The molecule has 0 aliphatic heterocycles. The van der Waals surface area contributed by atoms with E-state index in [-0.39, 0.29) is 24.6 Å². The lowest BCUT2D eigenvalue weighted by molar-refractivity contribution is -0.149. The van der Waals surface area contributed by atoms with Crippen LogP contribution in [0.25, 0.3) is 0 Å². The molecule has 12 heteroatoms. The van der Waals surface area contributed by atoms with E-state index in [0.717, 1.165) is 16.7 Å². The average molecular weight is 808 g/mol. The molecule has 4 N–H and O–H groups in total. The highest BCUT2D eigenvalue weighted by atomic mass is 32.2. The van der Waals surface area contributed by atoms with Gasteiger partial charge in [-0.05, 0) is 80.5 Å². The predicted octanol–water partition coefficient (Wildman–Crippen LogP) is 8.52. The lowest BCUT2D eigenvalue weighted by Crippen LogP contribution is -2.57. The normalized spacial score (nSPS) is 13.1. The lowest BCUT2D eigenvalue weighted by atomic mass is 9.84. The van der Waals surface area contributed by atoms with Gasteiger partial charge in [-0.2, -0.15) is 16.7 Å². The Morgan fingerprint density at radius 1 is 0.789 bits per heavy atom. The van der Waals surface area contributed by atoms with Crippen LogP contribution in [-0.2, 0) is 25.5 Å². The monoisotopic (exact) mass is 807 g/mol. The number of carbonyl (C=O) groups is 3. The number of nitrogens with two attached hydrogens (primary N) is 1. The van der Waals surface area contributed by atoms with E-state index < -0.39 is 46.4 Å². The number of para-hydroxylation sites is 1. The van der Waals surface area contributed by atoms with E-state index in [1.807, 2.05) is 72.8 Å².